The molecule has 186 valence electrons. The Labute approximate surface area is 199 Å². The fourth-order valence-corrected chi connectivity index (χ4v) is 5.67. The number of rotatable bonds is 7. The fraction of sp³-hybridized carbons (Fsp3) is 0.524. The lowest BCUT2D eigenvalue weighted by molar-refractivity contribution is -0.0674. The Morgan fingerprint density at radius 1 is 1.35 bits per heavy atom. The summed E-state index contributed by atoms with van der Waals surface area (Å²) in [6.45, 7) is 2.78. The molecule has 2 aromatic rings. The molecule has 10 nitrogen and oxygen atoms in total. The van der Waals surface area contributed by atoms with Gasteiger partial charge in [0.05, 0.1) is 19.3 Å². The molecule has 0 aliphatic carbocycles. The van der Waals surface area contributed by atoms with Crippen LogP contribution in [0.3, 0.4) is 0 Å². The van der Waals surface area contributed by atoms with Gasteiger partial charge in [-0.1, -0.05) is 23.7 Å². The van der Waals surface area contributed by atoms with Gasteiger partial charge in [0.2, 0.25) is 0 Å². The van der Waals surface area contributed by atoms with E-state index < -0.39 is 55.9 Å². The largest absolute Gasteiger partial charge is 0.475 e. The predicted molar refractivity (Wildman–Crippen MR) is 120 cm³/mol. The third-order valence-electron chi connectivity index (χ3n) is 5.63. The maximum absolute atomic E-state index is 15.8. The van der Waals surface area contributed by atoms with Crippen molar-refractivity contribution in [3.63, 3.8) is 0 Å². The van der Waals surface area contributed by atoms with Crippen molar-refractivity contribution in [2.24, 2.45) is 0 Å². The number of hydrogen-bond acceptors (Lipinski definition) is 8. The first-order valence-electron chi connectivity index (χ1n) is 10.7. The van der Waals surface area contributed by atoms with E-state index >= 15 is 4.39 Å². The zero-order chi connectivity index (χ0) is 24.5. The molecule has 0 bridgehead atoms. The molecule has 0 spiro atoms. The molecule has 1 aromatic heterocycles. The van der Waals surface area contributed by atoms with E-state index in [1.807, 2.05) is 0 Å². The van der Waals surface area contributed by atoms with E-state index in [9.17, 15) is 14.2 Å². The molecule has 0 unspecified atom stereocenters. The van der Waals surface area contributed by atoms with E-state index in [2.05, 4.69) is 4.98 Å². The SMILES string of the molecule is CCO[C@@H]1[C@@H](CO[P@@]2(=O)OCC[C@@H](c3cccc(Cl)c3)O2)O[C@@H](n2ccc(=O)[nH]c2=O)[C@]1(C)F. The van der Waals surface area contributed by atoms with Gasteiger partial charge in [0.15, 0.2) is 11.9 Å². The van der Waals surface area contributed by atoms with E-state index in [4.69, 9.17) is 34.6 Å². The number of hydrogen-bond donors (Lipinski definition) is 1. The monoisotopic (exact) mass is 518 g/mol. The predicted octanol–water partition coefficient (Wildman–Crippen LogP) is 3.52. The van der Waals surface area contributed by atoms with Gasteiger partial charge in [-0.2, -0.15) is 0 Å². The van der Waals surface area contributed by atoms with Gasteiger partial charge in [0, 0.05) is 30.3 Å². The summed E-state index contributed by atoms with van der Waals surface area (Å²) in [5.41, 5.74) is -2.93. The molecular formula is C21H25ClFN2O8P. The molecular weight excluding hydrogens is 494 g/mol. The van der Waals surface area contributed by atoms with Gasteiger partial charge < -0.3 is 9.47 Å². The van der Waals surface area contributed by atoms with Crippen LogP contribution in [0.2, 0.25) is 5.02 Å². The number of alkyl halides is 1. The number of nitrogens with zero attached hydrogens (tertiary/aromatic N) is 1. The summed E-state index contributed by atoms with van der Waals surface area (Å²) in [5.74, 6) is 0. The average Bonchev–Trinajstić information content (AvgIpc) is 3.03. The molecule has 6 atom stereocenters. The topological polar surface area (TPSA) is 118 Å². The van der Waals surface area contributed by atoms with Gasteiger partial charge in [0.25, 0.3) is 5.56 Å². The van der Waals surface area contributed by atoms with Crippen LogP contribution in [0, 0.1) is 0 Å². The molecule has 2 aliphatic heterocycles. The summed E-state index contributed by atoms with van der Waals surface area (Å²) < 4.78 is 57.7. The van der Waals surface area contributed by atoms with Crippen LogP contribution in [0.15, 0.2) is 46.1 Å². The number of halogens is 2. The molecule has 1 aromatic carbocycles. The summed E-state index contributed by atoms with van der Waals surface area (Å²) in [7, 11) is -4.01. The summed E-state index contributed by atoms with van der Waals surface area (Å²) in [6, 6.07) is 8.04. The van der Waals surface area contributed by atoms with E-state index in [0.717, 1.165) is 22.4 Å². The lowest BCUT2D eigenvalue weighted by Gasteiger charge is -2.30. The number of benzene rings is 1. The van der Waals surface area contributed by atoms with Crippen LogP contribution in [0.1, 0.15) is 38.2 Å². The van der Waals surface area contributed by atoms with Crippen molar-refractivity contribution in [1.29, 1.82) is 0 Å². The molecule has 0 radical (unpaired) electrons. The first-order valence-corrected chi connectivity index (χ1v) is 12.6. The Hall–Kier alpha value is -1.85. The van der Waals surface area contributed by atoms with Crippen LogP contribution in [-0.2, 0) is 27.6 Å². The number of ether oxygens (including phenoxy) is 2. The van der Waals surface area contributed by atoms with Crippen molar-refractivity contribution in [3.8, 4) is 0 Å². The standard InChI is InChI=1S/C21H25ClFN2O8P/c1-3-29-18-16(32-19(21(18,2)23)25-9-7-17(26)24-20(25)27)12-31-34(28)30-10-8-15(33-34)13-5-4-6-14(22)11-13/h4-7,9,11,15-16,18-19H,3,8,10,12H2,1-2H3,(H,24,26,27)/t15-,16+,18+,19+,21+,34+/m0/s1. The van der Waals surface area contributed by atoms with Crippen LogP contribution in [0.5, 0.6) is 0 Å². The van der Waals surface area contributed by atoms with Gasteiger partial charge in [0.1, 0.15) is 12.2 Å². The molecule has 2 fully saturated rings. The van der Waals surface area contributed by atoms with Gasteiger partial charge in [-0.3, -0.25) is 27.9 Å². The molecule has 34 heavy (non-hydrogen) atoms. The van der Waals surface area contributed by atoms with Gasteiger partial charge in [-0.15, -0.1) is 0 Å². The lowest BCUT2D eigenvalue weighted by atomic mass is 9.98. The highest BCUT2D eigenvalue weighted by atomic mass is 35.5. The zero-order valence-electron chi connectivity index (χ0n) is 18.5. The third-order valence-corrected chi connectivity index (χ3v) is 7.35. The van der Waals surface area contributed by atoms with E-state index in [1.54, 1.807) is 31.2 Å². The summed E-state index contributed by atoms with van der Waals surface area (Å²) in [5, 5.41) is 0.507. The molecule has 13 heteroatoms. The smallest absolute Gasteiger partial charge is 0.372 e. The Balaban J connectivity index is 1.51. The number of aromatic amines is 1. The summed E-state index contributed by atoms with van der Waals surface area (Å²) in [6.07, 6.45) is -2.62. The van der Waals surface area contributed by atoms with Crippen molar-refractivity contribution in [2.45, 2.75) is 50.5 Å². The number of phosphoric ester groups is 1. The lowest BCUT2D eigenvalue weighted by Crippen LogP contribution is -2.45. The fourth-order valence-electron chi connectivity index (χ4n) is 4.08. The second-order valence-corrected chi connectivity index (χ2v) is 10.1. The van der Waals surface area contributed by atoms with Crippen LogP contribution in [0.25, 0.3) is 0 Å². The Morgan fingerprint density at radius 3 is 2.85 bits per heavy atom. The highest BCUT2D eigenvalue weighted by Crippen LogP contribution is 2.57. The highest BCUT2D eigenvalue weighted by Gasteiger charge is 2.57. The first kappa shape index (κ1) is 25.2. The average molecular weight is 519 g/mol. The second kappa shape index (κ2) is 10.0. The zero-order valence-corrected chi connectivity index (χ0v) is 20.2. The molecule has 2 aliphatic rings. The first-order chi connectivity index (χ1) is 16.1. The molecule has 3 heterocycles. The van der Waals surface area contributed by atoms with Crippen LogP contribution in [0.4, 0.5) is 4.39 Å². The van der Waals surface area contributed by atoms with Crippen molar-refractivity contribution in [1.82, 2.24) is 9.55 Å². The maximum Gasteiger partial charge on any atom is 0.475 e. The maximum atomic E-state index is 15.8. The molecule has 1 N–H and O–H groups in total. The Kier molecular flexibility index (Phi) is 7.44. The molecule has 0 amide bonds. The van der Waals surface area contributed by atoms with E-state index in [-0.39, 0.29) is 13.2 Å². The number of H-pyrrole nitrogens is 1. The van der Waals surface area contributed by atoms with Crippen molar-refractivity contribution < 1.29 is 32.0 Å². The van der Waals surface area contributed by atoms with Gasteiger partial charge in [-0.25, -0.2) is 13.8 Å². The van der Waals surface area contributed by atoms with E-state index in [1.165, 1.54) is 6.92 Å². The molecule has 4 rings (SSSR count). The minimum atomic E-state index is -4.01. The quantitative estimate of drug-likeness (QED) is 0.553. The number of aromatic nitrogens is 2. The number of nitrogens with one attached hydrogen (secondary N) is 1. The molecule has 2 saturated heterocycles. The summed E-state index contributed by atoms with van der Waals surface area (Å²) >= 11 is 6.04. The second-order valence-electron chi connectivity index (χ2n) is 8.09. The number of phosphoric acid groups is 1. The van der Waals surface area contributed by atoms with Gasteiger partial charge in [-0.05, 0) is 31.5 Å². The van der Waals surface area contributed by atoms with Crippen molar-refractivity contribution in [2.75, 3.05) is 19.8 Å². The van der Waals surface area contributed by atoms with E-state index in [0.29, 0.717) is 11.4 Å². The van der Waals surface area contributed by atoms with Crippen molar-refractivity contribution in [3.05, 3.63) is 68.0 Å². The third kappa shape index (κ3) is 5.21. The van der Waals surface area contributed by atoms with Crippen molar-refractivity contribution >= 4 is 19.4 Å². The van der Waals surface area contributed by atoms with Crippen LogP contribution in [-0.4, -0.2) is 47.2 Å². The Bertz CT molecular complexity index is 1190. The highest BCUT2D eigenvalue weighted by molar-refractivity contribution is 7.48. The van der Waals surface area contributed by atoms with Crippen LogP contribution >= 0.6 is 19.4 Å². The van der Waals surface area contributed by atoms with Crippen LogP contribution < -0.4 is 11.2 Å². The normalized spacial score (nSPS) is 33.8. The minimum absolute atomic E-state index is 0.116. The van der Waals surface area contributed by atoms with Gasteiger partial charge >= 0.3 is 13.5 Å². The molecule has 0 saturated carbocycles. The summed E-state index contributed by atoms with van der Waals surface area (Å²) in [4.78, 5) is 25.7. The Morgan fingerprint density at radius 2 is 2.15 bits per heavy atom. The minimum Gasteiger partial charge on any atom is -0.372 e.